The summed E-state index contributed by atoms with van der Waals surface area (Å²) in [6.07, 6.45) is -1.90. The number of hydrogen-bond acceptors (Lipinski definition) is 4. The fourth-order valence-electron chi connectivity index (χ4n) is 2.71. The standard InChI is InChI=1S/C13H17F2N3O2/c1-8-4-9(16)7-17(6-8)12-3-2-10(18(19)20)5-11(12)13(14)15/h2-3,5,8-9,13H,4,6-7,16H2,1H3. The summed E-state index contributed by atoms with van der Waals surface area (Å²) in [6, 6.07) is 3.53. The molecule has 2 unspecified atom stereocenters. The monoisotopic (exact) mass is 285 g/mol. The summed E-state index contributed by atoms with van der Waals surface area (Å²) in [6.45, 7) is 3.13. The number of nitrogens with two attached hydrogens (primary N) is 1. The quantitative estimate of drug-likeness (QED) is 0.684. The molecule has 1 aliphatic heterocycles. The van der Waals surface area contributed by atoms with E-state index in [1.165, 1.54) is 12.1 Å². The first-order chi connectivity index (χ1) is 9.38. The molecule has 1 aromatic carbocycles. The highest BCUT2D eigenvalue weighted by Gasteiger charge is 2.27. The van der Waals surface area contributed by atoms with E-state index in [-0.39, 0.29) is 17.3 Å². The van der Waals surface area contributed by atoms with E-state index in [0.29, 0.717) is 24.7 Å². The van der Waals surface area contributed by atoms with Crippen LogP contribution in [0.4, 0.5) is 20.2 Å². The van der Waals surface area contributed by atoms with E-state index < -0.39 is 11.3 Å². The van der Waals surface area contributed by atoms with Crippen molar-refractivity contribution in [2.45, 2.75) is 25.8 Å². The second-order valence-electron chi connectivity index (χ2n) is 5.31. The maximum Gasteiger partial charge on any atom is 0.270 e. The van der Waals surface area contributed by atoms with Gasteiger partial charge in [0.1, 0.15) is 0 Å². The summed E-state index contributed by atoms with van der Waals surface area (Å²) in [5.41, 5.74) is 5.63. The first kappa shape index (κ1) is 14.6. The van der Waals surface area contributed by atoms with Gasteiger partial charge in [0.05, 0.1) is 4.92 Å². The second kappa shape index (κ2) is 5.70. The molecule has 1 aliphatic rings. The fraction of sp³-hybridized carbons (Fsp3) is 0.538. The Hall–Kier alpha value is -1.76. The molecule has 2 rings (SSSR count). The number of rotatable bonds is 3. The van der Waals surface area contributed by atoms with Gasteiger partial charge < -0.3 is 10.6 Å². The Labute approximate surface area is 115 Å². The molecule has 0 bridgehead atoms. The molecule has 110 valence electrons. The van der Waals surface area contributed by atoms with Crippen molar-refractivity contribution in [3.63, 3.8) is 0 Å². The van der Waals surface area contributed by atoms with Gasteiger partial charge in [0.2, 0.25) is 0 Å². The summed E-state index contributed by atoms with van der Waals surface area (Å²) in [4.78, 5) is 11.8. The lowest BCUT2D eigenvalue weighted by Gasteiger charge is -2.37. The molecular formula is C13H17F2N3O2. The molecule has 0 spiro atoms. The average Bonchev–Trinajstić information content (AvgIpc) is 2.36. The molecule has 0 aromatic heterocycles. The van der Waals surface area contributed by atoms with Gasteiger partial charge in [-0.2, -0.15) is 0 Å². The maximum atomic E-state index is 13.1. The van der Waals surface area contributed by atoms with Crippen molar-refractivity contribution in [1.82, 2.24) is 0 Å². The second-order valence-corrected chi connectivity index (χ2v) is 5.31. The van der Waals surface area contributed by atoms with Crippen LogP contribution in [-0.4, -0.2) is 24.1 Å². The predicted octanol–water partition coefficient (Wildman–Crippen LogP) is 2.71. The molecule has 0 aliphatic carbocycles. The summed E-state index contributed by atoms with van der Waals surface area (Å²) < 4.78 is 26.3. The van der Waals surface area contributed by atoms with Gasteiger partial charge in [-0.3, -0.25) is 10.1 Å². The fourth-order valence-corrected chi connectivity index (χ4v) is 2.71. The van der Waals surface area contributed by atoms with Crippen molar-refractivity contribution in [3.8, 4) is 0 Å². The molecule has 1 heterocycles. The third-order valence-corrected chi connectivity index (χ3v) is 3.49. The van der Waals surface area contributed by atoms with Crippen molar-refractivity contribution >= 4 is 11.4 Å². The number of nitro benzene ring substituents is 1. The average molecular weight is 285 g/mol. The van der Waals surface area contributed by atoms with E-state index >= 15 is 0 Å². The number of halogens is 2. The Kier molecular flexibility index (Phi) is 4.17. The van der Waals surface area contributed by atoms with E-state index in [0.717, 1.165) is 12.5 Å². The van der Waals surface area contributed by atoms with Crippen LogP contribution in [0, 0.1) is 16.0 Å². The molecule has 0 saturated carbocycles. The third-order valence-electron chi connectivity index (χ3n) is 3.49. The lowest BCUT2D eigenvalue weighted by molar-refractivity contribution is -0.385. The number of non-ortho nitro benzene ring substituents is 1. The molecule has 2 N–H and O–H groups in total. The Morgan fingerprint density at radius 3 is 2.70 bits per heavy atom. The smallest absolute Gasteiger partial charge is 0.270 e. The van der Waals surface area contributed by atoms with Crippen molar-refractivity contribution in [1.29, 1.82) is 0 Å². The minimum Gasteiger partial charge on any atom is -0.369 e. The van der Waals surface area contributed by atoms with E-state index in [1.807, 2.05) is 6.92 Å². The van der Waals surface area contributed by atoms with Gasteiger partial charge in [-0.05, 0) is 18.4 Å². The Morgan fingerprint density at radius 1 is 1.45 bits per heavy atom. The van der Waals surface area contributed by atoms with E-state index in [9.17, 15) is 18.9 Å². The van der Waals surface area contributed by atoms with Crippen molar-refractivity contribution < 1.29 is 13.7 Å². The van der Waals surface area contributed by atoms with E-state index in [1.54, 1.807) is 4.90 Å². The summed E-state index contributed by atoms with van der Waals surface area (Å²) >= 11 is 0. The molecule has 7 heteroatoms. The SMILES string of the molecule is CC1CC(N)CN(c2ccc([N+](=O)[O-])cc2C(F)F)C1. The molecule has 2 atom stereocenters. The van der Waals surface area contributed by atoms with Crippen molar-refractivity contribution in [2.75, 3.05) is 18.0 Å². The van der Waals surface area contributed by atoms with Crippen LogP contribution < -0.4 is 10.6 Å². The number of piperidine rings is 1. The lowest BCUT2D eigenvalue weighted by Crippen LogP contribution is -2.46. The van der Waals surface area contributed by atoms with Crippen LogP contribution in [0.5, 0.6) is 0 Å². The predicted molar refractivity (Wildman–Crippen MR) is 72.0 cm³/mol. The zero-order chi connectivity index (χ0) is 14.9. The third kappa shape index (κ3) is 3.04. The normalized spacial score (nSPS) is 23.1. The number of anilines is 1. The first-order valence-electron chi connectivity index (χ1n) is 6.45. The van der Waals surface area contributed by atoms with Crippen LogP contribution in [0.3, 0.4) is 0 Å². The highest BCUT2D eigenvalue weighted by Crippen LogP contribution is 2.34. The summed E-state index contributed by atoms with van der Waals surface area (Å²) in [7, 11) is 0. The molecule has 0 amide bonds. The molecule has 1 fully saturated rings. The Bertz CT molecular complexity index is 500. The summed E-state index contributed by atoms with van der Waals surface area (Å²) in [5.74, 6) is 0.305. The number of hydrogen-bond donors (Lipinski definition) is 1. The minimum atomic E-state index is -2.75. The molecule has 1 saturated heterocycles. The minimum absolute atomic E-state index is 0.0699. The lowest BCUT2D eigenvalue weighted by atomic mass is 9.95. The van der Waals surface area contributed by atoms with Crippen LogP contribution in [0.15, 0.2) is 18.2 Å². The first-order valence-corrected chi connectivity index (χ1v) is 6.45. The van der Waals surface area contributed by atoms with Gasteiger partial charge in [-0.1, -0.05) is 6.92 Å². The van der Waals surface area contributed by atoms with Crippen molar-refractivity contribution in [2.24, 2.45) is 11.7 Å². The van der Waals surface area contributed by atoms with Gasteiger partial charge in [0, 0.05) is 42.5 Å². The van der Waals surface area contributed by atoms with Gasteiger partial charge in [0.25, 0.3) is 12.1 Å². The molecule has 1 aromatic rings. The van der Waals surface area contributed by atoms with E-state index in [2.05, 4.69) is 0 Å². The molecule has 0 radical (unpaired) electrons. The topological polar surface area (TPSA) is 72.4 Å². The molecule has 5 nitrogen and oxygen atoms in total. The van der Waals surface area contributed by atoms with Crippen LogP contribution in [0.2, 0.25) is 0 Å². The Morgan fingerprint density at radius 2 is 2.15 bits per heavy atom. The Balaban J connectivity index is 2.37. The van der Waals surface area contributed by atoms with Gasteiger partial charge in [-0.15, -0.1) is 0 Å². The number of alkyl halides is 2. The zero-order valence-electron chi connectivity index (χ0n) is 11.1. The van der Waals surface area contributed by atoms with Crippen LogP contribution >= 0.6 is 0 Å². The highest BCUT2D eigenvalue weighted by molar-refractivity contribution is 5.59. The number of nitro groups is 1. The van der Waals surface area contributed by atoms with Gasteiger partial charge >= 0.3 is 0 Å². The van der Waals surface area contributed by atoms with Crippen molar-refractivity contribution in [3.05, 3.63) is 33.9 Å². The zero-order valence-corrected chi connectivity index (χ0v) is 11.1. The molecule has 20 heavy (non-hydrogen) atoms. The van der Waals surface area contributed by atoms with Crippen LogP contribution in [-0.2, 0) is 0 Å². The van der Waals surface area contributed by atoms with Gasteiger partial charge in [-0.25, -0.2) is 8.78 Å². The van der Waals surface area contributed by atoms with Gasteiger partial charge in [0.15, 0.2) is 0 Å². The number of nitrogens with zero attached hydrogens (tertiary/aromatic N) is 2. The highest BCUT2D eigenvalue weighted by atomic mass is 19.3. The molecular weight excluding hydrogens is 268 g/mol. The number of benzene rings is 1. The largest absolute Gasteiger partial charge is 0.369 e. The van der Waals surface area contributed by atoms with E-state index in [4.69, 9.17) is 5.73 Å². The maximum absolute atomic E-state index is 13.1. The van der Waals surface area contributed by atoms with Crippen LogP contribution in [0.1, 0.15) is 25.3 Å². The van der Waals surface area contributed by atoms with Crippen LogP contribution in [0.25, 0.3) is 0 Å². The summed E-state index contributed by atoms with van der Waals surface area (Å²) in [5, 5.41) is 10.7.